The molecule has 9 nitrogen and oxygen atoms in total. The first-order valence-corrected chi connectivity index (χ1v) is 14.4. The highest BCUT2D eigenvalue weighted by molar-refractivity contribution is 5.88. The number of ether oxygens (including phenoxy) is 1. The van der Waals surface area contributed by atoms with E-state index in [1.807, 2.05) is 6.92 Å². The second-order valence-electron chi connectivity index (χ2n) is 9.79. The summed E-state index contributed by atoms with van der Waals surface area (Å²) in [6, 6.07) is 8.15. The Labute approximate surface area is 229 Å². The summed E-state index contributed by atoms with van der Waals surface area (Å²) in [6.07, 6.45) is 7.71. The molecule has 0 saturated carbocycles. The number of carbonyl (C=O) groups is 3. The molecular weight excluding hydrogens is 482 g/mol. The van der Waals surface area contributed by atoms with Gasteiger partial charge in [0, 0.05) is 6.54 Å². The Balaban J connectivity index is 0.00000229. The van der Waals surface area contributed by atoms with Crippen LogP contribution in [0.1, 0.15) is 83.8 Å². The summed E-state index contributed by atoms with van der Waals surface area (Å²) in [7, 11) is 0. The second kappa shape index (κ2) is 20.3. The van der Waals surface area contributed by atoms with E-state index in [-0.39, 0.29) is 19.1 Å². The Morgan fingerprint density at radius 3 is 2.45 bits per heavy atom. The first-order valence-electron chi connectivity index (χ1n) is 14.4. The van der Waals surface area contributed by atoms with E-state index >= 15 is 0 Å². The van der Waals surface area contributed by atoms with Gasteiger partial charge in [0.2, 0.25) is 5.91 Å². The van der Waals surface area contributed by atoms with Crippen molar-refractivity contribution in [2.45, 2.75) is 91.5 Å². The molecule has 216 valence electrons. The summed E-state index contributed by atoms with van der Waals surface area (Å²) in [5, 5.41) is 7.32. The number of fused-ring (bicyclic) bond motifs is 1. The maximum absolute atomic E-state index is 12.9. The van der Waals surface area contributed by atoms with E-state index < -0.39 is 18.0 Å². The van der Waals surface area contributed by atoms with Crippen molar-refractivity contribution in [1.29, 1.82) is 0 Å². The highest BCUT2D eigenvalue weighted by Crippen LogP contribution is 2.25. The lowest BCUT2D eigenvalue weighted by Crippen LogP contribution is -2.52. The van der Waals surface area contributed by atoms with Crippen LogP contribution in [0, 0.1) is 5.92 Å². The summed E-state index contributed by atoms with van der Waals surface area (Å²) in [4.78, 5) is 37.4. The highest BCUT2D eigenvalue weighted by atomic mass is 16.6. The molecular formula is C29H51N5O4. The Kier molecular flexibility index (Phi) is 17.9. The van der Waals surface area contributed by atoms with Gasteiger partial charge in [0.25, 0.3) is 5.91 Å². The maximum atomic E-state index is 12.9. The zero-order valence-electron chi connectivity index (χ0n) is 24.0. The zero-order chi connectivity index (χ0) is 28.2. The molecule has 1 aliphatic carbocycles. The van der Waals surface area contributed by atoms with Crippen LogP contribution in [0.25, 0.3) is 0 Å². The summed E-state index contributed by atoms with van der Waals surface area (Å²) < 4.78 is 5.00. The molecule has 0 fully saturated rings. The van der Waals surface area contributed by atoms with E-state index in [1.54, 1.807) is 6.92 Å². The number of carbonyl (C=O) groups excluding carboxylic acids is 3. The van der Waals surface area contributed by atoms with Gasteiger partial charge in [0.15, 0.2) is 0 Å². The Morgan fingerprint density at radius 1 is 1.08 bits per heavy atom. The Hall–Kier alpha value is -2.65. The molecule has 0 aliphatic heterocycles. The molecule has 0 aromatic heterocycles. The minimum Gasteiger partial charge on any atom is -0.448 e. The van der Waals surface area contributed by atoms with Crippen LogP contribution >= 0.6 is 0 Å². The van der Waals surface area contributed by atoms with Crippen molar-refractivity contribution in [1.82, 2.24) is 21.1 Å². The van der Waals surface area contributed by atoms with E-state index in [4.69, 9.17) is 10.5 Å². The van der Waals surface area contributed by atoms with Gasteiger partial charge in [-0.3, -0.25) is 15.0 Å². The maximum Gasteiger partial charge on any atom is 0.428 e. The number of aryl methyl sites for hydroxylation is 1. The van der Waals surface area contributed by atoms with Gasteiger partial charge in [-0.05, 0) is 75.6 Å². The minimum atomic E-state index is -0.601. The second-order valence-corrected chi connectivity index (χ2v) is 9.79. The Bertz CT molecular complexity index is 820. The Morgan fingerprint density at radius 2 is 1.79 bits per heavy atom. The van der Waals surface area contributed by atoms with Gasteiger partial charge in [-0.1, -0.05) is 64.3 Å². The number of benzene rings is 1. The number of amides is 3. The summed E-state index contributed by atoms with van der Waals surface area (Å²) in [6.45, 7) is 9.63. The van der Waals surface area contributed by atoms with Crippen LogP contribution in [0.4, 0.5) is 4.79 Å². The van der Waals surface area contributed by atoms with E-state index in [0.29, 0.717) is 25.4 Å². The standard InChI is InChI=1S/C26H43N5O4.C3H8/c1-3-5-16-31(26(34)35-4-2)30-24(32)19-29-25(33)23(12-8-9-15-27)28-18-20-13-14-21-10-6-7-11-22(21)17-20;1-3-2/h6-7,10-11,20,23,28H,3-5,8-9,12-19,27H2,1-2H3,(H,29,33)(H,30,32);3H2,1-2H3/t20?,23-;/m0./s1. The van der Waals surface area contributed by atoms with Gasteiger partial charge in [-0.25, -0.2) is 9.80 Å². The molecule has 0 saturated heterocycles. The third-order valence-electron chi connectivity index (χ3n) is 6.27. The predicted molar refractivity (Wildman–Crippen MR) is 152 cm³/mol. The largest absolute Gasteiger partial charge is 0.448 e. The number of hydrogen-bond donors (Lipinski definition) is 4. The number of nitrogens with one attached hydrogen (secondary N) is 3. The smallest absolute Gasteiger partial charge is 0.428 e. The van der Waals surface area contributed by atoms with Gasteiger partial charge in [-0.2, -0.15) is 0 Å². The number of hydrazine groups is 1. The highest BCUT2D eigenvalue weighted by Gasteiger charge is 2.23. The van der Waals surface area contributed by atoms with Gasteiger partial charge in [0.1, 0.15) is 0 Å². The minimum absolute atomic E-state index is 0.216. The van der Waals surface area contributed by atoms with Crippen LogP contribution in [0.3, 0.4) is 0 Å². The lowest BCUT2D eigenvalue weighted by molar-refractivity contribution is -0.129. The first kappa shape index (κ1) is 33.4. The van der Waals surface area contributed by atoms with E-state index in [0.717, 1.165) is 51.5 Å². The molecule has 3 amide bonds. The van der Waals surface area contributed by atoms with E-state index in [9.17, 15) is 14.4 Å². The molecule has 0 heterocycles. The molecule has 9 heteroatoms. The molecule has 2 atom stereocenters. The number of unbranched alkanes of at least 4 members (excludes halogenated alkanes) is 2. The number of rotatable bonds is 14. The van der Waals surface area contributed by atoms with Crippen molar-refractivity contribution in [3.8, 4) is 0 Å². The van der Waals surface area contributed by atoms with Crippen molar-refractivity contribution in [3.63, 3.8) is 0 Å². The third kappa shape index (κ3) is 13.2. The summed E-state index contributed by atoms with van der Waals surface area (Å²) in [5.41, 5.74) is 11.0. The fourth-order valence-electron chi connectivity index (χ4n) is 4.27. The first-order chi connectivity index (χ1) is 18.4. The van der Waals surface area contributed by atoms with Crippen molar-refractivity contribution in [2.75, 3.05) is 32.8 Å². The number of nitrogens with zero attached hydrogens (tertiary/aromatic N) is 1. The molecule has 1 aliphatic rings. The quantitative estimate of drug-likeness (QED) is 0.213. The fraction of sp³-hybridized carbons (Fsp3) is 0.690. The van der Waals surface area contributed by atoms with Crippen LogP contribution in [0.5, 0.6) is 0 Å². The van der Waals surface area contributed by atoms with Gasteiger partial charge >= 0.3 is 6.09 Å². The van der Waals surface area contributed by atoms with Gasteiger partial charge in [-0.15, -0.1) is 0 Å². The van der Waals surface area contributed by atoms with Crippen LogP contribution in [0.15, 0.2) is 24.3 Å². The average molecular weight is 534 g/mol. The molecule has 1 unspecified atom stereocenters. The fourth-order valence-corrected chi connectivity index (χ4v) is 4.27. The van der Waals surface area contributed by atoms with Crippen LogP contribution in [-0.2, 0) is 27.2 Å². The van der Waals surface area contributed by atoms with E-state index in [2.05, 4.69) is 54.2 Å². The third-order valence-corrected chi connectivity index (χ3v) is 6.27. The topological polar surface area (TPSA) is 126 Å². The average Bonchev–Trinajstić information content (AvgIpc) is 2.92. The monoisotopic (exact) mass is 533 g/mol. The lowest BCUT2D eigenvalue weighted by atomic mass is 9.84. The normalized spacial score (nSPS) is 14.8. The van der Waals surface area contributed by atoms with Crippen LogP contribution in [0.2, 0.25) is 0 Å². The lowest BCUT2D eigenvalue weighted by Gasteiger charge is -2.27. The van der Waals surface area contributed by atoms with Crippen molar-refractivity contribution >= 4 is 17.9 Å². The van der Waals surface area contributed by atoms with Gasteiger partial charge in [0.05, 0.1) is 19.2 Å². The molecule has 1 aromatic rings. The summed E-state index contributed by atoms with van der Waals surface area (Å²) >= 11 is 0. The number of hydrogen-bond acceptors (Lipinski definition) is 6. The SMILES string of the molecule is CCC.CCCCN(NC(=O)CNC(=O)[C@H](CCCCN)NCC1CCc2ccccc2C1)C(=O)OCC. The molecule has 5 N–H and O–H groups in total. The van der Waals surface area contributed by atoms with Crippen molar-refractivity contribution in [3.05, 3.63) is 35.4 Å². The number of nitrogens with two attached hydrogens (primary N) is 1. The predicted octanol–water partition coefficient (Wildman–Crippen LogP) is 3.70. The molecule has 2 rings (SSSR count). The van der Waals surface area contributed by atoms with Gasteiger partial charge < -0.3 is 21.1 Å². The zero-order valence-corrected chi connectivity index (χ0v) is 24.0. The van der Waals surface area contributed by atoms with E-state index in [1.165, 1.54) is 22.6 Å². The van der Waals surface area contributed by atoms with Crippen LogP contribution < -0.4 is 21.8 Å². The molecule has 0 spiro atoms. The summed E-state index contributed by atoms with van der Waals surface area (Å²) in [5.74, 6) is -0.216. The van der Waals surface area contributed by atoms with Crippen molar-refractivity contribution in [2.24, 2.45) is 11.7 Å². The van der Waals surface area contributed by atoms with Crippen molar-refractivity contribution < 1.29 is 19.1 Å². The van der Waals surface area contributed by atoms with Crippen LogP contribution in [-0.4, -0.2) is 61.7 Å². The molecule has 0 bridgehead atoms. The molecule has 1 aromatic carbocycles. The molecule has 0 radical (unpaired) electrons. The molecule has 38 heavy (non-hydrogen) atoms.